The fourth-order valence-corrected chi connectivity index (χ4v) is 3.32. The fourth-order valence-electron chi connectivity index (χ4n) is 3.16. The zero-order valence-electron chi connectivity index (χ0n) is 14.3. The molecule has 0 spiro atoms. The molecule has 1 aliphatic rings. The van der Waals surface area contributed by atoms with Gasteiger partial charge in [0.1, 0.15) is 5.82 Å². The third-order valence-electron chi connectivity index (χ3n) is 4.64. The van der Waals surface area contributed by atoms with Gasteiger partial charge in [0.25, 0.3) is 5.91 Å². The van der Waals surface area contributed by atoms with Gasteiger partial charge in [0, 0.05) is 23.8 Å². The van der Waals surface area contributed by atoms with Crippen LogP contribution in [0.2, 0.25) is 5.02 Å². The molecule has 3 nitrogen and oxygen atoms in total. The summed E-state index contributed by atoms with van der Waals surface area (Å²) in [5, 5.41) is 3.11. The summed E-state index contributed by atoms with van der Waals surface area (Å²) in [6.07, 6.45) is 3.78. The number of rotatable bonds is 4. The highest BCUT2D eigenvalue weighted by Gasteiger charge is 2.16. The Balaban J connectivity index is 1.66. The molecule has 3 rings (SSSR count). The van der Waals surface area contributed by atoms with E-state index in [9.17, 15) is 9.18 Å². The summed E-state index contributed by atoms with van der Waals surface area (Å²) in [7, 11) is 0. The van der Waals surface area contributed by atoms with Gasteiger partial charge in [-0.05, 0) is 62.1 Å². The SMILES string of the molecule is C[C@H](NC(=O)c1ccc(Cl)cc1F)c1ccc(N2CCCCC2)cc1. The Morgan fingerprint density at radius 2 is 1.80 bits per heavy atom. The number of halogens is 2. The van der Waals surface area contributed by atoms with Crippen LogP contribution >= 0.6 is 11.6 Å². The molecule has 1 amide bonds. The highest BCUT2D eigenvalue weighted by molar-refractivity contribution is 6.30. The molecule has 1 fully saturated rings. The second-order valence-corrected chi connectivity index (χ2v) is 6.89. The standard InChI is InChI=1S/C20H22ClFN2O/c1-14(23-20(25)18-10-7-16(21)13-19(18)22)15-5-8-17(9-6-15)24-11-3-2-4-12-24/h5-10,13-14H,2-4,11-12H2,1H3,(H,23,25)/t14-/m0/s1. The predicted octanol–water partition coefficient (Wildman–Crippen LogP) is 4.96. The molecule has 0 aliphatic carbocycles. The smallest absolute Gasteiger partial charge is 0.254 e. The Hall–Kier alpha value is -2.07. The van der Waals surface area contributed by atoms with Crippen molar-refractivity contribution in [2.75, 3.05) is 18.0 Å². The first kappa shape index (κ1) is 17.7. The number of anilines is 1. The van der Waals surface area contributed by atoms with Gasteiger partial charge in [-0.1, -0.05) is 23.7 Å². The van der Waals surface area contributed by atoms with Crippen LogP contribution in [0.15, 0.2) is 42.5 Å². The van der Waals surface area contributed by atoms with Gasteiger partial charge >= 0.3 is 0 Å². The lowest BCUT2D eigenvalue weighted by atomic mass is 10.1. The van der Waals surface area contributed by atoms with E-state index >= 15 is 0 Å². The monoisotopic (exact) mass is 360 g/mol. The average Bonchev–Trinajstić information content (AvgIpc) is 2.62. The van der Waals surface area contributed by atoms with E-state index in [4.69, 9.17) is 11.6 Å². The van der Waals surface area contributed by atoms with E-state index in [1.54, 1.807) is 0 Å². The quantitative estimate of drug-likeness (QED) is 0.835. The fraction of sp³-hybridized carbons (Fsp3) is 0.350. The van der Waals surface area contributed by atoms with Gasteiger partial charge in [0.2, 0.25) is 0 Å². The first-order chi connectivity index (χ1) is 12.0. The van der Waals surface area contributed by atoms with Crippen molar-refractivity contribution in [2.24, 2.45) is 0 Å². The zero-order chi connectivity index (χ0) is 17.8. The normalized spacial score (nSPS) is 15.7. The average molecular weight is 361 g/mol. The molecule has 1 saturated heterocycles. The second kappa shape index (κ2) is 7.87. The summed E-state index contributed by atoms with van der Waals surface area (Å²) < 4.78 is 13.9. The van der Waals surface area contributed by atoms with E-state index in [1.165, 1.54) is 37.1 Å². The molecule has 2 aromatic carbocycles. The topological polar surface area (TPSA) is 32.3 Å². The van der Waals surface area contributed by atoms with Gasteiger partial charge in [0.05, 0.1) is 11.6 Å². The number of carbonyl (C=O) groups excluding carboxylic acids is 1. The van der Waals surface area contributed by atoms with E-state index < -0.39 is 11.7 Å². The maximum Gasteiger partial charge on any atom is 0.254 e. The lowest BCUT2D eigenvalue weighted by Gasteiger charge is -2.29. The summed E-state index contributed by atoms with van der Waals surface area (Å²) in [6.45, 7) is 4.09. The largest absolute Gasteiger partial charge is 0.372 e. The number of amides is 1. The van der Waals surface area contributed by atoms with Crippen LogP contribution in [0.1, 0.15) is 48.1 Å². The molecule has 0 radical (unpaired) electrons. The number of piperidine rings is 1. The minimum absolute atomic E-state index is 0.00110. The van der Waals surface area contributed by atoms with Crippen molar-refractivity contribution < 1.29 is 9.18 Å². The highest BCUT2D eigenvalue weighted by atomic mass is 35.5. The van der Waals surface area contributed by atoms with Crippen LogP contribution in [-0.4, -0.2) is 19.0 Å². The van der Waals surface area contributed by atoms with Crippen LogP contribution in [0.25, 0.3) is 0 Å². The van der Waals surface area contributed by atoms with Crippen molar-refractivity contribution in [2.45, 2.75) is 32.2 Å². The summed E-state index contributed by atoms with van der Waals surface area (Å²) in [5.41, 5.74) is 2.20. The number of hydrogen-bond donors (Lipinski definition) is 1. The van der Waals surface area contributed by atoms with Crippen molar-refractivity contribution in [1.29, 1.82) is 0 Å². The molecule has 1 atom stereocenters. The van der Waals surface area contributed by atoms with Gasteiger partial charge in [0.15, 0.2) is 0 Å². The predicted molar refractivity (Wildman–Crippen MR) is 99.8 cm³/mol. The third kappa shape index (κ3) is 4.31. The van der Waals surface area contributed by atoms with Gasteiger partial charge < -0.3 is 10.2 Å². The molecule has 0 unspecified atom stereocenters. The molecule has 1 aliphatic heterocycles. The van der Waals surface area contributed by atoms with Crippen LogP contribution in [0.5, 0.6) is 0 Å². The minimum atomic E-state index is -0.613. The van der Waals surface area contributed by atoms with Crippen LogP contribution in [0.3, 0.4) is 0 Å². The summed E-state index contributed by atoms with van der Waals surface area (Å²) in [4.78, 5) is 14.7. The molecule has 2 aromatic rings. The molecule has 1 heterocycles. The Morgan fingerprint density at radius 3 is 2.44 bits per heavy atom. The van der Waals surface area contributed by atoms with Crippen molar-refractivity contribution >= 4 is 23.2 Å². The molecule has 25 heavy (non-hydrogen) atoms. The van der Waals surface area contributed by atoms with Crippen LogP contribution < -0.4 is 10.2 Å². The first-order valence-corrected chi connectivity index (χ1v) is 9.03. The van der Waals surface area contributed by atoms with E-state index in [-0.39, 0.29) is 16.6 Å². The van der Waals surface area contributed by atoms with Crippen molar-refractivity contribution in [3.63, 3.8) is 0 Å². The lowest BCUT2D eigenvalue weighted by molar-refractivity contribution is 0.0936. The maximum absolute atomic E-state index is 13.9. The van der Waals surface area contributed by atoms with Gasteiger partial charge in [-0.3, -0.25) is 4.79 Å². The zero-order valence-corrected chi connectivity index (χ0v) is 15.0. The molecule has 1 N–H and O–H groups in total. The molecule has 132 valence electrons. The maximum atomic E-state index is 13.9. The summed E-state index contributed by atoms with van der Waals surface area (Å²) in [6, 6.07) is 12.1. The molecule has 0 bridgehead atoms. The van der Waals surface area contributed by atoms with Gasteiger partial charge in [-0.15, -0.1) is 0 Å². The molecular formula is C20H22ClFN2O. The van der Waals surface area contributed by atoms with Gasteiger partial charge in [-0.2, -0.15) is 0 Å². The Morgan fingerprint density at radius 1 is 1.12 bits per heavy atom. The lowest BCUT2D eigenvalue weighted by Crippen LogP contribution is -2.29. The number of nitrogens with one attached hydrogen (secondary N) is 1. The highest BCUT2D eigenvalue weighted by Crippen LogP contribution is 2.23. The summed E-state index contributed by atoms with van der Waals surface area (Å²) >= 11 is 5.73. The van der Waals surface area contributed by atoms with Gasteiger partial charge in [-0.25, -0.2) is 4.39 Å². The number of carbonyl (C=O) groups is 1. The van der Waals surface area contributed by atoms with Crippen LogP contribution in [0.4, 0.5) is 10.1 Å². The van der Waals surface area contributed by atoms with Crippen LogP contribution in [-0.2, 0) is 0 Å². The number of benzene rings is 2. The second-order valence-electron chi connectivity index (χ2n) is 6.46. The van der Waals surface area contributed by atoms with E-state index in [2.05, 4.69) is 22.3 Å². The minimum Gasteiger partial charge on any atom is -0.372 e. The van der Waals surface area contributed by atoms with E-state index in [0.717, 1.165) is 24.7 Å². The number of nitrogens with zero attached hydrogens (tertiary/aromatic N) is 1. The first-order valence-electron chi connectivity index (χ1n) is 8.65. The molecule has 0 aromatic heterocycles. The van der Waals surface area contributed by atoms with Crippen molar-refractivity contribution in [1.82, 2.24) is 5.32 Å². The van der Waals surface area contributed by atoms with Crippen molar-refractivity contribution in [3.05, 3.63) is 64.4 Å². The molecular weight excluding hydrogens is 339 g/mol. The Kier molecular flexibility index (Phi) is 5.59. The van der Waals surface area contributed by atoms with Crippen molar-refractivity contribution in [3.8, 4) is 0 Å². The Labute approximate surface area is 152 Å². The van der Waals surface area contributed by atoms with E-state index in [1.807, 2.05) is 19.1 Å². The Bertz CT molecular complexity index is 742. The summed E-state index contributed by atoms with van der Waals surface area (Å²) in [5.74, 6) is -1.06. The molecule has 0 saturated carbocycles. The third-order valence-corrected chi connectivity index (χ3v) is 4.87. The van der Waals surface area contributed by atoms with E-state index in [0.29, 0.717) is 0 Å². The number of hydrogen-bond acceptors (Lipinski definition) is 2. The molecule has 5 heteroatoms. The van der Waals surface area contributed by atoms with Crippen LogP contribution in [0, 0.1) is 5.82 Å².